The number of aryl methyl sites for hydroxylation is 1. The third-order valence-electron chi connectivity index (χ3n) is 4.94. The van der Waals surface area contributed by atoms with E-state index in [2.05, 4.69) is 52.5 Å². The van der Waals surface area contributed by atoms with E-state index >= 15 is 0 Å². The van der Waals surface area contributed by atoms with Crippen LogP contribution in [0.2, 0.25) is 0 Å². The summed E-state index contributed by atoms with van der Waals surface area (Å²) in [6.07, 6.45) is 5.02. The number of carbonyl (C=O) groups is 1. The summed E-state index contributed by atoms with van der Waals surface area (Å²) in [7, 11) is 0. The summed E-state index contributed by atoms with van der Waals surface area (Å²) in [5.41, 5.74) is 2.33. The van der Waals surface area contributed by atoms with E-state index in [1.54, 1.807) is 6.20 Å². The Morgan fingerprint density at radius 2 is 2.00 bits per heavy atom. The fourth-order valence-electron chi connectivity index (χ4n) is 3.49. The number of carbonyl (C=O) groups excluding carboxylic acids is 1. The summed E-state index contributed by atoms with van der Waals surface area (Å²) >= 11 is 0. The second kappa shape index (κ2) is 8.77. The number of nitrogens with zero attached hydrogens (tertiary/aromatic N) is 2. The molecule has 0 saturated carbocycles. The molecule has 25 heavy (non-hydrogen) atoms. The Bertz CT molecular complexity index is 659. The zero-order valence-corrected chi connectivity index (χ0v) is 14.9. The number of nitrogens with one attached hydrogen (secondary N) is 1. The first-order valence-corrected chi connectivity index (χ1v) is 9.18. The van der Waals surface area contributed by atoms with Crippen molar-refractivity contribution in [2.24, 2.45) is 0 Å². The molecule has 0 aliphatic carbocycles. The molecule has 1 N–H and O–H groups in total. The van der Waals surface area contributed by atoms with E-state index in [9.17, 15) is 4.79 Å². The van der Waals surface area contributed by atoms with Crippen LogP contribution in [0.4, 0.5) is 0 Å². The van der Waals surface area contributed by atoms with Crippen LogP contribution in [0.5, 0.6) is 0 Å². The largest absolute Gasteiger partial charge is 0.353 e. The number of piperidine rings is 1. The monoisotopic (exact) mass is 337 g/mol. The maximum absolute atomic E-state index is 12.2. The topological polar surface area (TPSA) is 45.2 Å². The van der Waals surface area contributed by atoms with Crippen LogP contribution in [0.1, 0.15) is 37.4 Å². The van der Waals surface area contributed by atoms with Crippen LogP contribution in [0.25, 0.3) is 0 Å². The number of hydrogen-bond donors (Lipinski definition) is 1. The number of aromatic nitrogens is 1. The van der Waals surface area contributed by atoms with Crippen molar-refractivity contribution < 1.29 is 4.79 Å². The third-order valence-corrected chi connectivity index (χ3v) is 4.94. The van der Waals surface area contributed by atoms with E-state index in [-0.39, 0.29) is 5.91 Å². The van der Waals surface area contributed by atoms with Crippen LogP contribution in [0.3, 0.4) is 0 Å². The highest BCUT2D eigenvalue weighted by atomic mass is 16.1. The number of hydrogen-bond acceptors (Lipinski definition) is 3. The molecule has 3 rings (SSSR count). The molecule has 0 spiro atoms. The molecule has 132 valence electrons. The Balaban J connectivity index is 1.42. The van der Waals surface area contributed by atoms with Gasteiger partial charge in [0.05, 0.1) is 0 Å². The van der Waals surface area contributed by atoms with E-state index in [4.69, 9.17) is 0 Å². The Morgan fingerprint density at radius 3 is 2.72 bits per heavy atom. The molecule has 2 aromatic rings. The number of rotatable bonds is 6. The Kier molecular flexibility index (Phi) is 6.18. The van der Waals surface area contributed by atoms with Gasteiger partial charge in [0.1, 0.15) is 0 Å². The normalized spacial score (nSPS) is 21.0. The average Bonchev–Trinajstić information content (AvgIpc) is 2.64. The lowest BCUT2D eigenvalue weighted by Gasteiger charge is -2.38. The lowest BCUT2D eigenvalue weighted by molar-refractivity contribution is -0.122. The first kappa shape index (κ1) is 17.6. The van der Waals surface area contributed by atoms with Gasteiger partial charge < -0.3 is 5.32 Å². The van der Waals surface area contributed by atoms with Crippen molar-refractivity contribution in [1.82, 2.24) is 15.2 Å². The van der Waals surface area contributed by atoms with Crippen LogP contribution in [0, 0.1) is 0 Å². The molecule has 2 atom stereocenters. The summed E-state index contributed by atoms with van der Waals surface area (Å²) in [6.45, 7) is 4.28. The lowest BCUT2D eigenvalue weighted by Crippen LogP contribution is -2.48. The summed E-state index contributed by atoms with van der Waals surface area (Å²) in [5.74, 6) is 0.138. The molecular formula is C21H27N3O. The summed E-state index contributed by atoms with van der Waals surface area (Å²) in [4.78, 5) is 19.0. The summed E-state index contributed by atoms with van der Waals surface area (Å²) in [6, 6.07) is 17.2. The molecule has 1 aromatic carbocycles. The molecule has 2 heterocycles. The van der Waals surface area contributed by atoms with E-state index < -0.39 is 0 Å². The highest BCUT2D eigenvalue weighted by Gasteiger charge is 2.26. The van der Waals surface area contributed by atoms with Crippen LogP contribution in [-0.2, 0) is 17.8 Å². The Labute approximate surface area is 150 Å². The van der Waals surface area contributed by atoms with Crippen molar-refractivity contribution in [1.29, 1.82) is 0 Å². The molecular weight excluding hydrogens is 310 g/mol. The molecule has 1 aliphatic rings. The van der Waals surface area contributed by atoms with E-state index in [1.807, 2.05) is 18.2 Å². The lowest BCUT2D eigenvalue weighted by atomic mass is 9.97. The van der Waals surface area contributed by atoms with Crippen molar-refractivity contribution in [2.45, 2.75) is 51.2 Å². The maximum Gasteiger partial charge on any atom is 0.220 e. The number of likely N-dealkylation sites (tertiary alicyclic amines) is 1. The number of pyridine rings is 1. The molecule has 1 aliphatic heterocycles. The molecule has 1 amide bonds. The van der Waals surface area contributed by atoms with Crippen molar-refractivity contribution in [3.8, 4) is 0 Å². The molecule has 4 nitrogen and oxygen atoms in total. The van der Waals surface area contributed by atoms with Crippen molar-refractivity contribution in [3.63, 3.8) is 0 Å². The summed E-state index contributed by atoms with van der Waals surface area (Å²) < 4.78 is 0. The van der Waals surface area contributed by atoms with Crippen molar-refractivity contribution in [3.05, 3.63) is 66.0 Å². The van der Waals surface area contributed by atoms with Gasteiger partial charge >= 0.3 is 0 Å². The maximum atomic E-state index is 12.2. The van der Waals surface area contributed by atoms with Gasteiger partial charge in [0.25, 0.3) is 0 Å². The van der Waals surface area contributed by atoms with Gasteiger partial charge in [-0.1, -0.05) is 36.4 Å². The van der Waals surface area contributed by atoms with Gasteiger partial charge in [0.15, 0.2) is 0 Å². The minimum atomic E-state index is 0.138. The van der Waals surface area contributed by atoms with Crippen molar-refractivity contribution in [2.75, 3.05) is 6.54 Å². The van der Waals surface area contributed by atoms with E-state index in [0.717, 1.165) is 31.6 Å². The Morgan fingerprint density at radius 1 is 1.20 bits per heavy atom. The predicted octanol–water partition coefficient (Wildman–Crippen LogP) is 3.18. The second-order valence-electron chi connectivity index (χ2n) is 6.91. The standard InChI is InChI=1S/C21H27N3O/c1-17-15-20(12-14-24(17)16-18-7-3-2-4-8-18)23-21(25)11-10-19-9-5-6-13-22-19/h2-9,13,17,20H,10-12,14-16H2,1H3,(H,23,25)/t17-,20-/m1/s1. The second-order valence-corrected chi connectivity index (χ2v) is 6.91. The minimum Gasteiger partial charge on any atom is -0.353 e. The molecule has 1 fully saturated rings. The van der Waals surface area contributed by atoms with Gasteiger partial charge in [-0.3, -0.25) is 14.7 Å². The van der Waals surface area contributed by atoms with Gasteiger partial charge in [-0.15, -0.1) is 0 Å². The van der Waals surface area contributed by atoms with Gasteiger partial charge in [-0.2, -0.15) is 0 Å². The highest BCUT2D eigenvalue weighted by molar-refractivity contribution is 5.76. The summed E-state index contributed by atoms with van der Waals surface area (Å²) in [5, 5.41) is 3.21. The molecule has 0 radical (unpaired) electrons. The van der Waals surface area contributed by atoms with Gasteiger partial charge in [0.2, 0.25) is 5.91 Å². The van der Waals surface area contributed by atoms with Gasteiger partial charge in [-0.25, -0.2) is 0 Å². The highest BCUT2D eigenvalue weighted by Crippen LogP contribution is 2.20. The SMILES string of the molecule is C[C@@H]1C[C@H](NC(=O)CCc2ccccn2)CCN1Cc1ccccc1. The zero-order valence-electron chi connectivity index (χ0n) is 14.9. The molecule has 0 bridgehead atoms. The number of amides is 1. The van der Waals surface area contributed by atoms with Crippen LogP contribution >= 0.6 is 0 Å². The smallest absolute Gasteiger partial charge is 0.220 e. The fraction of sp³-hybridized carbons (Fsp3) is 0.429. The van der Waals surface area contributed by atoms with Gasteiger partial charge in [0, 0.05) is 43.5 Å². The fourth-order valence-corrected chi connectivity index (χ4v) is 3.49. The van der Waals surface area contributed by atoms with Crippen LogP contribution in [0.15, 0.2) is 54.7 Å². The van der Waals surface area contributed by atoms with Gasteiger partial charge in [-0.05, 0) is 43.9 Å². The quantitative estimate of drug-likeness (QED) is 0.880. The number of benzene rings is 1. The first-order chi connectivity index (χ1) is 12.2. The predicted molar refractivity (Wildman–Crippen MR) is 100 cm³/mol. The Hall–Kier alpha value is -2.20. The zero-order chi connectivity index (χ0) is 17.5. The average molecular weight is 337 g/mol. The van der Waals surface area contributed by atoms with Crippen molar-refractivity contribution >= 4 is 5.91 Å². The van der Waals surface area contributed by atoms with Crippen LogP contribution in [-0.4, -0.2) is 34.4 Å². The minimum absolute atomic E-state index is 0.138. The van der Waals surface area contributed by atoms with E-state index in [1.165, 1.54) is 5.56 Å². The van der Waals surface area contributed by atoms with Crippen LogP contribution < -0.4 is 5.32 Å². The molecule has 4 heteroatoms. The molecule has 1 saturated heterocycles. The molecule has 0 unspecified atom stereocenters. The molecule has 1 aromatic heterocycles. The van der Waals surface area contributed by atoms with E-state index in [0.29, 0.717) is 24.9 Å². The third kappa shape index (κ3) is 5.40. The first-order valence-electron chi connectivity index (χ1n) is 9.18.